The van der Waals surface area contributed by atoms with Gasteiger partial charge in [0.05, 0.1) is 0 Å². The first-order valence-electron chi connectivity index (χ1n) is 10.1. The van der Waals surface area contributed by atoms with Crippen molar-refractivity contribution in [1.29, 1.82) is 0 Å². The lowest BCUT2D eigenvalue weighted by atomic mass is 10.1. The SMILES string of the molecule is Cc1cc(C)cc(OCC(=O)N2CCN(C(=O)c3n[nH]c4c3CNCC4)CC2)c1. The molecule has 154 valence electrons. The number of piperazine rings is 1. The number of nitrogens with zero attached hydrogens (tertiary/aromatic N) is 3. The molecule has 1 aromatic heterocycles. The Bertz CT molecular complexity index is 895. The molecule has 3 heterocycles. The van der Waals surface area contributed by atoms with Gasteiger partial charge < -0.3 is 19.9 Å². The minimum Gasteiger partial charge on any atom is -0.484 e. The average molecular weight is 397 g/mol. The molecule has 8 heteroatoms. The maximum atomic E-state index is 12.9. The number of nitrogens with one attached hydrogen (secondary N) is 2. The Balaban J connectivity index is 1.30. The van der Waals surface area contributed by atoms with Crippen LogP contribution >= 0.6 is 0 Å². The van der Waals surface area contributed by atoms with Gasteiger partial charge in [0.15, 0.2) is 12.3 Å². The number of fused-ring (bicyclic) bond motifs is 1. The highest BCUT2D eigenvalue weighted by Crippen LogP contribution is 2.19. The van der Waals surface area contributed by atoms with E-state index in [1.807, 2.05) is 26.0 Å². The zero-order valence-electron chi connectivity index (χ0n) is 17.0. The Morgan fingerprint density at radius 1 is 1.07 bits per heavy atom. The monoisotopic (exact) mass is 397 g/mol. The molecule has 0 bridgehead atoms. The normalized spacial score (nSPS) is 16.5. The van der Waals surface area contributed by atoms with Crippen LogP contribution in [0.15, 0.2) is 18.2 Å². The fraction of sp³-hybridized carbons (Fsp3) is 0.476. The van der Waals surface area contributed by atoms with Crippen LogP contribution in [-0.2, 0) is 17.8 Å². The van der Waals surface area contributed by atoms with E-state index in [2.05, 4.69) is 21.6 Å². The summed E-state index contributed by atoms with van der Waals surface area (Å²) in [5, 5.41) is 10.5. The molecular weight excluding hydrogens is 370 g/mol. The number of hydrogen-bond donors (Lipinski definition) is 2. The van der Waals surface area contributed by atoms with E-state index in [1.165, 1.54) is 0 Å². The number of rotatable bonds is 4. The molecule has 8 nitrogen and oxygen atoms in total. The van der Waals surface area contributed by atoms with Crippen molar-refractivity contribution in [3.05, 3.63) is 46.3 Å². The predicted octanol–water partition coefficient (Wildman–Crippen LogP) is 1.04. The predicted molar refractivity (Wildman–Crippen MR) is 108 cm³/mol. The first kappa shape index (κ1) is 19.4. The summed E-state index contributed by atoms with van der Waals surface area (Å²) in [6, 6.07) is 5.92. The first-order valence-corrected chi connectivity index (χ1v) is 10.1. The van der Waals surface area contributed by atoms with Gasteiger partial charge in [-0.25, -0.2) is 0 Å². The number of carbonyl (C=O) groups is 2. The molecule has 1 saturated heterocycles. The summed E-state index contributed by atoms with van der Waals surface area (Å²) in [7, 11) is 0. The van der Waals surface area contributed by atoms with Gasteiger partial charge in [-0.1, -0.05) is 6.07 Å². The number of H-pyrrole nitrogens is 1. The van der Waals surface area contributed by atoms with Crippen molar-refractivity contribution in [1.82, 2.24) is 25.3 Å². The molecule has 0 spiro atoms. The molecule has 0 saturated carbocycles. The third kappa shape index (κ3) is 4.27. The third-order valence-corrected chi connectivity index (χ3v) is 5.49. The number of hydrogen-bond acceptors (Lipinski definition) is 5. The number of aryl methyl sites for hydroxylation is 2. The lowest BCUT2D eigenvalue weighted by Crippen LogP contribution is -2.51. The van der Waals surface area contributed by atoms with E-state index in [0.29, 0.717) is 44.2 Å². The lowest BCUT2D eigenvalue weighted by Gasteiger charge is -2.34. The van der Waals surface area contributed by atoms with Crippen molar-refractivity contribution in [2.24, 2.45) is 0 Å². The fourth-order valence-corrected chi connectivity index (χ4v) is 3.96. The van der Waals surface area contributed by atoms with Crippen molar-refractivity contribution < 1.29 is 14.3 Å². The van der Waals surface area contributed by atoms with Crippen molar-refractivity contribution in [3.63, 3.8) is 0 Å². The second kappa shape index (κ2) is 8.24. The minimum absolute atomic E-state index is 0.00931. The molecule has 2 N–H and O–H groups in total. The quantitative estimate of drug-likeness (QED) is 0.804. The molecule has 0 aliphatic carbocycles. The lowest BCUT2D eigenvalue weighted by molar-refractivity contribution is -0.134. The molecule has 0 radical (unpaired) electrons. The number of ether oxygens (including phenoxy) is 1. The summed E-state index contributed by atoms with van der Waals surface area (Å²) < 4.78 is 5.69. The molecule has 2 aliphatic rings. The highest BCUT2D eigenvalue weighted by atomic mass is 16.5. The molecule has 1 fully saturated rings. The van der Waals surface area contributed by atoms with Gasteiger partial charge in [-0.15, -0.1) is 0 Å². The Kier molecular flexibility index (Phi) is 5.53. The Labute approximate surface area is 170 Å². The summed E-state index contributed by atoms with van der Waals surface area (Å²) in [4.78, 5) is 28.9. The Morgan fingerprint density at radius 2 is 1.76 bits per heavy atom. The van der Waals surface area contributed by atoms with Crippen molar-refractivity contribution >= 4 is 11.8 Å². The van der Waals surface area contributed by atoms with Gasteiger partial charge in [0, 0.05) is 56.9 Å². The zero-order chi connectivity index (χ0) is 20.4. The van der Waals surface area contributed by atoms with Gasteiger partial charge in [-0.05, 0) is 37.1 Å². The van der Waals surface area contributed by atoms with Crippen LogP contribution in [0, 0.1) is 13.8 Å². The van der Waals surface area contributed by atoms with E-state index < -0.39 is 0 Å². The summed E-state index contributed by atoms with van der Waals surface area (Å²) in [5.41, 5.74) is 4.74. The number of carbonyl (C=O) groups excluding carboxylic acids is 2. The van der Waals surface area contributed by atoms with Gasteiger partial charge in [-0.3, -0.25) is 14.7 Å². The molecule has 0 atom stereocenters. The molecule has 2 amide bonds. The summed E-state index contributed by atoms with van der Waals surface area (Å²) in [6.45, 7) is 7.60. The topological polar surface area (TPSA) is 90.6 Å². The maximum Gasteiger partial charge on any atom is 0.274 e. The van der Waals surface area contributed by atoms with Gasteiger partial charge in [0.1, 0.15) is 5.75 Å². The second-order valence-electron chi connectivity index (χ2n) is 7.74. The van der Waals surface area contributed by atoms with Crippen LogP contribution in [0.3, 0.4) is 0 Å². The Morgan fingerprint density at radius 3 is 2.48 bits per heavy atom. The molecular formula is C21H27N5O3. The van der Waals surface area contributed by atoms with E-state index in [4.69, 9.17) is 4.74 Å². The van der Waals surface area contributed by atoms with Crippen LogP contribution in [0.25, 0.3) is 0 Å². The van der Waals surface area contributed by atoms with E-state index >= 15 is 0 Å². The first-order chi connectivity index (χ1) is 14.0. The van der Waals surface area contributed by atoms with E-state index in [9.17, 15) is 9.59 Å². The van der Waals surface area contributed by atoms with E-state index in [-0.39, 0.29) is 18.4 Å². The number of amides is 2. The van der Waals surface area contributed by atoms with Crippen LogP contribution in [0.5, 0.6) is 5.75 Å². The smallest absolute Gasteiger partial charge is 0.274 e. The number of aromatic amines is 1. The van der Waals surface area contributed by atoms with Gasteiger partial charge >= 0.3 is 0 Å². The molecule has 4 rings (SSSR count). The molecule has 2 aromatic rings. The summed E-state index contributed by atoms with van der Waals surface area (Å²) in [6.07, 6.45) is 0.859. The van der Waals surface area contributed by atoms with Crippen LogP contribution in [-0.4, -0.2) is 71.1 Å². The van der Waals surface area contributed by atoms with Gasteiger partial charge in [-0.2, -0.15) is 5.10 Å². The van der Waals surface area contributed by atoms with Crippen molar-refractivity contribution in [3.8, 4) is 5.75 Å². The fourth-order valence-electron chi connectivity index (χ4n) is 3.96. The van der Waals surface area contributed by atoms with Crippen LogP contribution in [0.4, 0.5) is 0 Å². The summed E-state index contributed by atoms with van der Waals surface area (Å²) in [5.74, 6) is 0.587. The van der Waals surface area contributed by atoms with Gasteiger partial charge in [0.25, 0.3) is 11.8 Å². The van der Waals surface area contributed by atoms with E-state index in [1.54, 1.807) is 9.80 Å². The zero-order valence-corrected chi connectivity index (χ0v) is 17.0. The minimum atomic E-state index is -0.0650. The Hall–Kier alpha value is -2.87. The largest absolute Gasteiger partial charge is 0.484 e. The molecule has 2 aliphatic heterocycles. The van der Waals surface area contributed by atoms with Crippen LogP contribution in [0.2, 0.25) is 0 Å². The standard InChI is InChI=1S/C21H27N5O3/c1-14-9-15(2)11-16(10-14)29-13-19(27)25-5-7-26(8-6-25)21(28)20-17-12-22-4-3-18(17)23-24-20/h9-11,22H,3-8,12-13H2,1-2H3,(H,23,24). The van der Waals surface area contributed by atoms with Crippen molar-refractivity contribution in [2.45, 2.75) is 26.8 Å². The van der Waals surface area contributed by atoms with Crippen LogP contribution in [0.1, 0.15) is 32.9 Å². The second-order valence-corrected chi connectivity index (χ2v) is 7.74. The molecule has 1 aromatic carbocycles. The summed E-state index contributed by atoms with van der Waals surface area (Å²) >= 11 is 0. The number of aromatic nitrogens is 2. The average Bonchev–Trinajstić information content (AvgIpc) is 3.15. The van der Waals surface area contributed by atoms with Crippen LogP contribution < -0.4 is 10.1 Å². The highest BCUT2D eigenvalue weighted by molar-refractivity contribution is 5.94. The molecule has 0 unspecified atom stereocenters. The molecule has 29 heavy (non-hydrogen) atoms. The van der Waals surface area contributed by atoms with E-state index in [0.717, 1.165) is 35.3 Å². The van der Waals surface area contributed by atoms with Gasteiger partial charge in [0.2, 0.25) is 0 Å². The highest BCUT2D eigenvalue weighted by Gasteiger charge is 2.29. The number of benzene rings is 1. The third-order valence-electron chi connectivity index (χ3n) is 5.49. The van der Waals surface area contributed by atoms with Crippen molar-refractivity contribution in [2.75, 3.05) is 39.3 Å². The maximum absolute atomic E-state index is 12.9.